The molecule has 240 valence electrons. The second-order valence-corrected chi connectivity index (χ2v) is 14.3. The summed E-state index contributed by atoms with van der Waals surface area (Å²) in [6.45, 7) is 7.76. The number of hydrogen-bond donors (Lipinski definition) is 0. The van der Waals surface area contributed by atoms with Gasteiger partial charge in [-0.25, -0.2) is 14.1 Å². The maximum atomic E-state index is 14.3. The number of fused-ring (bicyclic) bond motifs is 2. The van der Waals surface area contributed by atoms with Gasteiger partial charge in [-0.3, -0.25) is 14.3 Å². The number of hydrogen-bond acceptors (Lipinski definition) is 11. The molecule has 11 nitrogen and oxygen atoms in total. The van der Waals surface area contributed by atoms with Crippen LogP contribution in [0.25, 0.3) is 0 Å². The molecule has 1 unspecified atom stereocenters. The minimum atomic E-state index is -3.53. The molecule has 0 saturated heterocycles. The van der Waals surface area contributed by atoms with E-state index in [1.54, 1.807) is 27.6 Å². The molecule has 0 aliphatic carbocycles. The maximum Gasteiger partial charge on any atom is 0.325 e. The van der Waals surface area contributed by atoms with Gasteiger partial charge in [0.2, 0.25) is 11.1 Å². The van der Waals surface area contributed by atoms with Crippen molar-refractivity contribution in [3.63, 3.8) is 0 Å². The smallest absolute Gasteiger partial charge is 0.325 e. The van der Waals surface area contributed by atoms with Crippen molar-refractivity contribution < 1.29 is 36.0 Å². The summed E-state index contributed by atoms with van der Waals surface area (Å²) in [4.78, 5) is 28.5. The molecule has 3 heterocycles. The fourth-order valence-corrected chi connectivity index (χ4v) is 7.00. The lowest BCUT2D eigenvalue weighted by Gasteiger charge is -2.25. The number of methoxy groups -OCH3 is 1. The number of rotatable bonds is 8. The molecular formula is C28H33ClFN3O8S3. The van der Waals surface area contributed by atoms with Crippen LogP contribution in [0.2, 0.25) is 5.02 Å². The first kappa shape index (κ1) is 34.0. The molecule has 0 N–H and O–H groups in total. The van der Waals surface area contributed by atoms with Gasteiger partial charge in [0.1, 0.15) is 23.0 Å². The highest BCUT2D eigenvalue weighted by Gasteiger charge is 2.42. The van der Waals surface area contributed by atoms with E-state index in [1.165, 1.54) is 13.2 Å². The number of nitrogens with zero attached hydrogens (tertiary/aromatic N) is 3. The third-order valence-electron chi connectivity index (χ3n) is 6.72. The lowest BCUT2D eigenvalue weighted by Crippen LogP contribution is -2.34. The number of halogens is 2. The Kier molecular flexibility index (Phi) is 10.9. The molecule has 0 amide bonds. The van der Waals surface area contributed by atoms with Crippen LogP contribution in [0.15, 0.2) is 45.0 Å². The zero-order valence-corrected chi connectivity index (χ0v) is 28.0. The second kappa shape index (κ2) is 14.1. The predicted octanol–water partition coefficient (Wildman–Crippen LogP) is 4.85. The van der Waals surface area contributed by atoms with Crippen LogP contribution in [0.4, 0.5) is 10.1 Å². The van der Waals surface area contributed by atoms with E-state index in [4.69, 9.17) is 25.3 Å². The van der Waals surface area contributed by atoms with E-state index in [1.807, 2.05) is 20.8 Å². The number of aromatic nitrogens is 2. The lowest BCUT2D eigenvalue weighted by molar-refractivity contribution is -0.137. The quantitative estimate of drug-likeness (QED) is 0.185. The first-order chi connectivity index (χ1) is 20.7. The Balaban J connectivity index is 0.000000209. The van der Waals surface area contributed by atoms with E-state index >= 15 is 0 Å². The molecule has 5 rings (SSSR count). The number of esters is 1. The molecule has 0 saturated carbocycles. The SMILES string of the molecule is CCOC1Oc2ccc(OS(C)(=O)=O)cc2C1(C)C.COC(=O)CSc1cc(/N=c2\sc(=O)n3n2CCCC3)c(F)cc1Cl. The van der Waals surface area contributed by atoms with Gasteiger partial charge in [0.05, 0.1) is 29.6 Å². The minimum absolute atomic E-state index is 0.0605. The van der Waals surface area contributed by atoms with Crippen LogP contribution in [-0.4, -0.2) is 55.8 Å². The average molecular weight is 690 g/mol. The predicted molar refractivity (Wildman–Crippen MR) is 166 cm³/mol. The van der Waals surface area contributed by atoms with Crippen LogP contribution < -0.4 is 18.6 Å². The zero-order valence-electron chi connectivity index (χ0n) is 24.8. The second-order valence-electron chi connectivity index (χ2n) is 10.4. The Labute approximate surface area is 267 Å². The number of carbonyl (C=O) groups is 1. The van der Waals surface area contributed by atoms with Crippen molar-refractivity contribution in [3.8, 4) is 11.5 Å². The summed E-state index contributed by atoms with van der Waals surface area (Å²) in [5.74, 6) is 0.0623. The van der Waals surface area contributed by atoms with E-state index in [-0.39, 0.29) is 38.8 Å². The molecule has 2 aliphatic rings. The average Bonchev–Trinajstić information content (AvgIpc) is 3.41. The molecule has 16 heteroatoms. The first-order valence-corrected chi connectivity index (χ1v) is 17.6. The van der Waals surface area contributed by atoms with Crippen molar-refractivity contribution in [1.29, 1.82) is 0 Å². The molecular weight excluding hydrogens is 657 g/mol. The van der Waals surface area contributed by atoms with Crippen LogP contribution in [0, 0.1) is 5.82 Å². The molecule has 44 heavy (non-hydrogen) atoms. The third-order valence-corrected chi connectivity index (χ3v) is 9.53. The van der Waals surface area contributed by atoms with Crippen molar-refractivity contribution in [3.05, 3.63) is 61.2 Å². The summed E-state index contributed by atoms with van der Waals surface area (Å²) in [5, 5.41) is 0.199. The number of benzene rings is 2. The first-order valence-electron chi connectivity index (χ1n) is 13.6. The lowest BCUT2D eigenvalue weighted by atomic mass is 9.85. The van der Waals surface area contributed by atoms with Crippen molar-refractivity contribution in [2.45, 2.75) is 63.3 Å². The Morgan fingerprint density at radius 2 is 1.93 bits per heavy atom. The highest BCUT2D eigenvalue weighted by molar-refractivity contribution is 8.00. The van der Waals surface area contributed by atoms with E-state index in [0.29, 0.717) is 35.1 Å². The summed E-state index contributed by atoms with van der Waals surface area (Å²) in [6, 6.07) is 7.61. The summed E-state index contributed by atoms with van der Waals surface area (Å²) >= 11 is 8.17. The van der Waals surface area contributed by atoms with Crippen molar-refractivity contribution in [1.82, 2.24) is 9.36 Å². The summed E-state index contributed by atoms with van der Waals surface area (Å²) < 4.78 is 60.7. The fourth-order valence-electron chi connectivity index (χ4n) is 4.56. The molecule has 0 bridgehead atoms. The van der Waals surface area contributed by atoms with Crippen LogP contribution in [0.5, 0.6) is 11.5 Å². The molecule has 0 radical (unpaired) electrons. The van der Waals surface area contributed by atoms with Gasteiger partial charge in [-0.05, 0) is 75.3 Å². The molecule has 1 aromatic heterocycles. The monoisotopic (exact) mass is 689 g/mol. The van der Waals surface area contributed by atoms with Crippen LogP contribution in [0.1, 0.15) is 39.2 Å². The Morgan fingerprint density at radius 1 is 1.23 bits per heavy atom. The van der Waals surface area contributed by atoms with E-state index in [9.17, 15) is 22.4 Å². The van der Waals surface area contributed by atoms with Gasteiger partial charge in [0, 0.05) is 30.2 Å². The van der Waals surface area contributed by atoms with Crippen LogP contribution in [-0.2, 0) is 42.9 Å². The molecule has 1 atom stereocenters. The van der Waals surface area contributed by atoms with Gasteiger partial charge in [-0.1, -0.05) is 11.6 Å². The van der Waals surface area contributed by atoms with Gasteiger partial charge in [0.25, 0.3) is 0 Å². The molecule has 3 aromatic rings. The fraction of sp³-hybridized carbons (Fsp3) is 0.464. The minimum Gasteiger partial charge on any atom is -0.468 e. The molecule has 2 aromatic carbocycles. The van der Waals surface area contributed by atoms with E-state index in [0.717, 1.165) is 53.8 Å². The van der Waals surface area contributed by atoms with Gasteiger partial charge in [-0.2, -0.15) is 8.42 Å². The molecule has 2 aliphatic heterocycles. The van der Waals surface area contributed by atoms with Gasteiger partial charge < -0.3 is 18.4 Å². The Hall–Kier alpha value is -2.85. The topological polar surface area (TPSA) is 127 Å². The Morgan fingerprint density at radius 3 is 2.59 bits per heavy atom. The van der Waals surface area contributed by atoms with Crippen molar-refractivity contribution in [2.24, 2.45) is 4.99 Å². The number of carbonyl (C=O) groups excluding carboxylic acids is 1. The maximum absolute atomic E-state index is 14.3. The Bertz CT molecular complexity index is 1770. The van der Waals surface area contributed by atoms with Gasteiger partial charge in [-0.15, -0.1) is 11.8 Å². The largest absolute Gasteiger partial charge is 0.468 e. The van der Waals surface area contributed by atoms with Gasteiger partial charge in [0.15, 0.2) is 0 Å². The number of ether oxygens (including phenoxy) is 3. The summed E-state index contributed by atoms with van der Waals surface area (Å²) in [6.07, 6.45) is 2.54. The summed E-state index contributed by atoms with van der Waals surface area (Å²) in [7, 11) is -2.23. The number of thioether (sulfide) groups is 1. The van der Waals surface area contributed by atoms with Crippen molar-refractivity contribution in [2.75, 3.05) is 25.7 Å². The normalized spacial score (nSPS) is 17.2. The van der Waals surface area contributed by atoms with Crippen molar-refractivity contribution >= 4 is 56.5 Å². The highest BCUT2D eigenvalue weighted by Crippen LogP contribution is 2.44. The third kappa shape index (κ3) is 8.05. The molecule has 0 spiro atoms. The van der Waals surface area contributed by atoms with Gasteiger partial charge >= 0.3 is 21.0 Å². The summed E-state index contributed by atoms with van der Waals surface area (Å²) in [5.41, 5.74) is 0.606. The van der Waals surface area contributed by atoms with Crippen LogP contribution >= 0.6 is 34.7 Å². The zero-order chi connectivity index (χ0) is 32.2. The highest BCUT2D eigenvalue weighted by atomic mass is 35.5. The van der Waals surface area contributed by atoms with E-state index < -0.39 is 21.9 Å². The van der Waals surface area contributed by atoms with E-state index in [2.05, 4.69) is 9.73 Å². The van der Waals surface area contributed by atoms with Crippen LogP contribution in [0.3, 0.4) is 0 Å². The standard InChI is InChI=1S/C15H15ClFN3O3S2.C13H18O5S/c1-23-13(21)8-24-12-7-11(10(17)6-9(12)16)18-14-19-4-2-3-5-20(19)15(22)25-14;1-5-16-12-13(2,3)10-8-9(18-19(4,14)15)6-7-11(10)17-12/h6-7H,2-5,8H2,1H3;6-8,12H,5H2,1-4H3/b18-14-;. The molecule has 0 fully saturated rings.